The molecular weight excluding hydrogens is 232 g/mol. The fraction of sp³-hybridized carbons (Fsp3) is 0.647. The molecule has 0 aromatic heterocycles. The van der Waals surface area contributed by atoms with Crippen molar-refractivity contribution in [1.82, 2.24) is 10.2 Å². The summed E-state index contributed by atoms with van der Waals surface area (Å²) in [4.78, 5) is 2.47. The summed E-state index contributed by atoms with van der Waals surface area (Å²) < 4.78 is 0. The van der Waals surface area contributed by atoms with Crippen molar-refractivity contribution in [3.05, 3.63) is 35.4 Å². The summed E-state index contributed by atoms with van der Waals surface area (Å²) in [7, 11) is 2.25. The second kappa shape index (κ2) is 7.06. The Hall–Kier alpha value is -0.860. The van der Waals surface area contributed by atoms with Crippen LogP contribution in [-0.2, 0) is 6.42 Å². The maximum atomic E-state index is 3.49. The minimum absolute atomic E-state index is 0.587. The zero-order valence-electron chi connectivity index (χ0n) is 12.7. The number of fused-ring (bicyclic) bond motifs is 1. The molecule has 0 amide bonds. The largest absolute Gasteiger partial charge is 0.313 e. The van der Waals surface area contributed by atoms with E-state index in [1.165, 1.54) is 25.8 Å². The summed E-state index contributed by atoms with van der Waals surface area (Å²) >= 11 is 0. The van der Waals surface area contributed by atoms with Crippen LogP contribution in [0, 0.1) is 0 Å². The third kappa shape index (κ3) is 4.32. The predicted molar refractivity (Wildman–Crippen MR) is 82.8 cm³/mol. The van der Waals surface area contributed by atoms with Gasteiger partial charge in [0.1, 0.15) is 0 Å². The van der Waals surface area contributed by atoms with Gasteiger partial charge in [0.25, 0.3) is 0 Å². The average molecular weight is 260 g/mol. The fourth-order valence-corrected chi connectivity index (χ4v) is 3.06. The molecule has 2 heteroatoms. The Balaban J connectivity index is 1.86. The van der Waals surface area contributed by atoms with Crippen LogP contribution in [0.25, 0.3) is 0 Å². The number of nitrogens with zero attached hydrogens (tertiary/aromatic N) is 1. The van der Waals surface area contributed by atoms with E-state index >= 15 is 0 Å². The molecular formula is C17H28N2. The van der Waals surface area contributed by atoms with Crippen LogP contribution < -0.4 is 5.32 Å². The van der Waals surface area contributed by atoms with Crippen LogP contribution >= 0.6 is 0 Å². The van der Waals surface area contributed by atoms with Gasteiger partial charge in [-0.3, -0.25) is 0 Å². The molecule has 2 nitrogen and oxygen atoms in total. The van der Waals surface area contributed by atoms with Gasteiger partial charge in [-0.2, -0.15) is 0 Å². The SMILES string of the molecule is CC(C)NCCN(C)CC1CCCc2ccccc21. The minimum Gasteiger partial charge on any atom is -0.313 e. The second-order valence-electron chi connectivity index (χ2n) is 6.16. The lowest BCUT2D eigenvalue weighted by atomic mass is 9.82. The molecule has 2 rings (SSSR count). The van der Waals surface area contributed by atoms with E-state index in [4.69, 9.17) is 0 Å². The molecule has 1 atom stereocenters. The summed E-state index contributed by atoms with van der Waals surface area (Å²) in [6.07, 6.45) is 3.96. The van der Waals surface area contributed by atoms with Crippen molar-refractivity contribution < 1.29 is 0 Å². The van der Waals surface area contributed by atoms with Crippen LogP contribution in [0.1, 0.15) is 43.7 Å². The van der Waals surface area contributed by atoms with Gasteiger partial charge in [-0.25, -0.2) is 0 Å². The van der Waals surface area contributed by atoms with E-state index in [0.29, 0.717) is 6.04 Å². The van der Waals surface area contributed by atoms with Crippen molar-refractivity contribution in [2.45, 2.75) is 45.1 Å². The summed E-state index contributed by atoms with van der Waals surface area (Å²) in [6.45, 7) is 7.82. The van der Waals surface area contributed by atoms with Gasteiger partial charge in [0.15, 0.2) is 0 Å². The van der Waals surface area contributed by atoms with Crippen molar-refractivity contribution in [3.8, 4) is 0 Å². The first-order valence-electron chi connectivity index (χ1n) is 7.66. The molecule has 0 radical (unpaired) electrons. The van der Waals surface area contributed by atoms with Crippen LogP contribution in [-0.4, -0.2) is 37.6 Å². The zero-order valence-corrected chi connectivity index (χ0v) is 12.7. The monoisotopic (exact) mass is 260 g/mol. The highest BCUT2D eigenvalue weighted by Crippen LogP contribution is 2.31. The normalized spacial score (nSPS) is 18.9. The standard InChI is InChI=1S/C17H28N2/c1-14(2)18-11-12-19(3)13-16-9-6-8-15-7-4-5-10-17(15)16/h4-5,7,10,14,16,18H,6,8-9,11-13H2,1-3H3. The van der Waals surface area contributed by atoms with Gasteiger partial charge < -0.3 is 10.2 Å². The van der Waals surface area contributed by atoms with Gasteiger partial charge >= 0.3 is 0 Å². The van der Waals surface area contributed by atoms with E-state index in [2.05, 4.69) is 55.4 Å². The van der Waals surface area contributed by atoms with Gasteiger partial charge in [-0.1, -0.05) is 38.1 Å². The Morgan fingerprint density at radius 3 is 2.89 bits per heavy atom. The van der Waals surface area contributed by atoms with Crippen LogP contribution in [0.15, 0.2) is 24.3 Å². The Bertz CT molecular complexity index is 387. The van der Waals surface area contributed by atoms with E-state index in [-0.39, 0.29) is 0 Å². The van der Waals surface area contributed by atoms with E-state index in [1.807, 2.05) is 0 Å². The number of likely N-dealkylation sites (N-methyl/N-ethyl adjacent to an activating group) is 1. The van der Waals surface area contributed by atoms with Gasteiger partial charge in [0, 0.05) is 25.7 Å². The average Bonchev–Trinajstić information content (AvgIpc) is 2.39. The van der Waals surface area contributed by atoms with Crippen molar-refractivity contribution in [1.29, 1.82) is 0 Å². The quantitative estimate of drug-likeness (QED) is 0.846. The molecule has 1 aromatic rings. The van der Waals surface area contributed by atoms with E-state index in [1.54, 1.807) is 11.1 Å². The smallest absolute Gasteiger partial charge is 0.0104 e. The minimum atomic E-state index is 0.587. The topological polar surface area (TPSA) is 15.3 Å². The van der Waals surface area contributed by atoms with Crippen LogP contribution in [0.5, 0.6) is 0 Å². The van der Waals surface area contributed by atoms with Gasteiger partial charge in [-0.05, 0) is 43.4 Å². The Labute approximate surface area is 118 Å². The molecule has 0 bridgehead atoms. The molecule has 1 N–H and O–H groups in total. The molecule has 0 saturated heterocycles. The number of rotatable bonds is 6. The van der Waals surface area contributed by atoms with E-state index in [9.17, 15) is 0 Å². The molecule has 0 aliphatic heterocycles. The molecule has 106 valence electrons. The van der Waals surface area contributed by atoms with Gasteiger partial charge in [0.05, 0.1) is 0 Å². The van der Waals surface area contributed by atoms with Crippen molar-refractivity contribution in [3.63, 3.8) is 0 Å². The van der Waals surface area contributed by atoms with E-state index in [0.717, 1.165) is 19.0 Å². The molecule has 0 spiro atoms. The molecule has 1 aliphatic rings. The first-order valence-corrected chi connectivity index (χ1v) is 7.66. The number of benzene rings is 1. The lowest BCUT2D eigenvalue weighted by Crippen LogP contribution is -2.35. The van der Waals surface area contributed by atoms with Crippen LogP contribution in [0.3, 0.4) is 0 Å². The van der Waals surface area contributed by atoms with Crippen molar-refractivity contribution in [2.24, 2.45) is 0 Å². The van der Waals surface area contributed by atoms with Crippen LogP contribution in [0.2, 0.25) is 0 Å². The molecule has 0 heterocycles. The van der Waals surface area contributed by atoms with Gasteiger partial charge in [-0.15, -0.1) is 0 Å². The number of hydrogen-bond acceptors (Lipinski definition) is 2. The summed E-state index contributed by atoms with van der Waals surface area (Å²) in [5.74, 6) is 0.731. The van der Waals surface area contributed by atoms with Crippen LogP contribution in [0.4, 0.5) is 0 Å². The number of hydrogen-bond donors (Lipinski definition) is 1. The number of aryl methyl sites for hydroxylation is 1. The third-order valence-electron chi connectivity index (χ3n) is 4.07. The third-order valence-corrected chi connectivity index (χ3v) is 4.07. The highest BCUT2D eigenvalue weighted by atomic mass is 15.1. The molecule has 0 fully saturated rings. The van der Waals surface area contributed by atoms with Crippen molar-refractivity contribution >= 4 is 0 Å². The Kier molecular flexibility index (Phi) is 5.41. The molecule has 19 heavy (non-hydrogen) atoms. The highest BCUT2D eigenvalue weighted by molar-refractivity contribution is 5.32. The first-order chi connectivity index (χ1) is 9.16. The maximum Gasteiger partial charge on any atom is 0.0104 e. The number of nitrogens with one attached hydrogen (secondary N) is 1. The highest BCUT2D eigenvalue weighted by Gasteiger charge is 2.20. The van der Waals surface area contributed by atoms with Gasteiger partial charge in [0.2, 0.25) is 0 Å². The Morgan fingerprint density at radius 2 is 2.11 bits per heavy atom. The molecule has 1 aromatic carbocycles. The van der Waals surface area contributed by atoms with E-state index < -0.39 is 0 Å². The summed E-state index contributed by atoms with van der Waals surface area (Å²) in [5.41, 5.74) is 3.17. The lowest BCUT2D eigenvalue weighted by molar-refractivity contribution is 0.293. The maximum absolute atomic E-state index is 3.49. The molecule has 0 saturated carbocycles. The predicted octanol–water partition coefficient (Wildman–Crippen LogP) is 3.04. The van der Waals surface area contributed by atoms with Crippen molar-refractivity contribution in [2.75, 3.05) is 26.7 Å². The second-order valence-corrected chi connectivity index (χ2v) is 6.16. The first kappa shape index (κ1) is 14.5. The Morgan fingerprint density at radius 1 is 1.32 bits per heavy atom. The zero-order chi connectivity index (χ0) is 13.7. The summed E-state index contributed by atoms with van der Waals surface area (Å²) in [6, 6.07) is 9.60. The summed E-state index contributed by atoms with van der Waals surface area (Å²) in [5, 5.41) is 3.49. The lowest BCUT2D eigenvalue weighted by Gasteiger charge is -2.29. The molecule has 1 aliphatic carbocycles. The fourth-order valence-electron chi connectivity index (χ4n) is 3.06. The molecule has 1 unspecified atom stereocenters.